The summed E-state index contributed by atoms with van der Waals surface area (Å²) in [6, 6.07) is 11.1. The van der Waals surface area contributed by atoms with E-state index in [4.69, 9.17) is 4.99 Å². The summed E-state index contributed by atoms with van der Waals surface area (Å²) in [7, 11) is 0. The number of likely N-dealkylation sites (tertiary alicyclic amines) is 1. The van der Waals surface area contributed by atoms with Crippen LogP contribution in [-0.2, 0) is 9.59 Å². The highest BCUT2D eigenvalue weighted by Gasteiger charge is 2.51. The van der Waals surface area contributed by atoms with Crippen LogP contribution in [0.25, 0.3) is 22.0 Å². The number of aliphatic imine (C=N–C) groups is 1. The van der Waals surface area contributed by atoms with E-state index in [0.717, 1.165) is 60.7 Å². The number of hydrogen-bond acceptors (Lipinski definition) is 4. The number of benzene rings is 2. The largest absolute Gasteiger partial charge is 0.342 e. The number of aromatic amines is 1. The van der Waals surface area contributed by atoms with Crippen molar-refractivity contribution in [2.75, 3.05) is 19.6 Å². The van der Waals surface area contributed by atoms with Crippen LogP contribution in [0.1, 0.15) is 50.5 Å². The second kappa shape index (κ2) is 8.50. The van der Waals surface area contributed by atoms with E-state index in [2.05, 4.69) is 10.2 Å². The van der Waals surface area contributed by atoms with Gasteiger partial charge in [-0.15, -0.1) is 0 Å². The number of nitrogens with one attached hydrogen (secondary N) is 1. The van der Waals surface area contributed by atoms with Gasteiger partial charge in [0.15, 0.2) is 0 Å². The molecule has 4 aliphatic rings. The number of halogens is 1. The number of aromatic nitrogens is 2. The molecule has 190 valence electrons. The number of amidine groups is 1. The molecule has 2 saturated carbocycles. The predicted molar refractivity (Wildman–Crippen MR) is 138 cm³/mol. The highest BCUT2D eigenvalue weighted by molar-refractivity contribution is 6.15. The van der Waals surface area contributed by atoms with Gasteiger partial charge in [-0.05, 0) is 73.4 Å². The van der Waals surface area contributed by atoms with E-state index < -0.39 is 5.54 Å². The third kappa shape index (κ3) is 3.85. The van der Waals surface area contributed by atoms with Crippen molar-refractivity contribution in [1.82, 2.24) is 20.0 Å². The van der Waals surface area contributed by atoms with Crippen LogP contribution in [-0.4, -0.2) is 62.8 Å². The molecule has 2 aliphatic carbocycles. The van der Waals surface area contributed by atoms with Gasteiger partial charge in [0.05, 0.1) is 17.3 Å². The van der Waals surface area contributed by atoms with Gasteiger partial charge in [0.2, 0.25) is 5.91 Å². The normalized spacial score (nSPS) is 23.0. The summed E-state index contributed by atoms with van der Waals surface area (Å²) >= 11 is 0. The Labute approximate surface area is 214 Å². The number of nitrogens with zero attached hydrogens (tertiary/aromatic N) is 4. The zero-order valence-electron chi connectivity index (χ0n) is 20.8. The van der Waals surface area contributed by atoms with Crippen LogP contribution < -0.4 is 0 Å². The minimum Gasteiger partial charge on any atom is -0.342 e. The van der Waals surface area contributed by atoms with E-state index >= 15 is 4.39 Å². The summed E-state index contributed by atoms with van der Waals surface area (Å²) in [5.41, 5.74) is 2.21. The number of carbonyl (C=O) groups excluding carboxylic acids is 2. The van der Waals surface area contributed by atoms with Crippen molar-refractivity contribution in [2.45, 2.75) is 50.5 Å². The molecule has 2 aromatic carbocycles. The Bertz CT molecular complexity index is 1440. The van der Waals surface area contributed by atoms with Gasteiger partial charge in [-0.3, -0.25) is 24.6 Å². The zero-order chi connectivity index (χ0) is 25.1. The van der Waals surface area contributed by atoms with E-state index in [0.29, 0.717) is 37.3 Å². The number of hydrogen-bond donors (Lipinski definition) is 1. The molecule has 1 spiro atoms. The summed E-state index contributed by atoms with van der Waals surface area (Å²) in [6.07, 6.45) is 7.96. The molecule has 1 N–H and O–H groups in total. The Morgan fingerprint density at radius 3 is 2.65 bits per heavy atom. The maximum absolute atomic E-state index is 15.7. The summed E-state index contributed by atoms with van der Waals surface area (Å²) in [5, 5.41) is 7.97. The molecule has 3 aromatic rings. The van der Waals surface area contributed by atoms with Gasteiger partial charge in [0.25, 0.3) is 5.91 Å². The summed E-state index contributed by atoms with van der Waals surface area (Å²) in [6.45, 7) is 1.88. The van der Waals surface area contributed by atoms with Gasteiger partial charge in [-0.25, -0.2) is 4.39 Å². The Morgan fingerprint density at radius 1 is 1.08 bits per heavy atom. The average molecular weight is 500 g/mol. The third-order valence-electron chi connectivity index (χ3n) is 8.60. The molecule has 3 heterocycles. The van der Waals surface area contributed by atoms with Crippen molar-refractivity contribution in [2.24, 2.45) is 16.8 Å². The van der Waals surface area contributed by atoms with Gasteiger partial charge in [-0.2, -0.15) is 5.10 Å². The van der Waals surface area contributed by atoms with Crippen LogP contribution in [0, 0.1) is 17.7 Å². The molecule has 7 rings (SSSR count). The highest BCUT2D eigenvalue weighted by atomic mass is 19.1. The predicted octanol–water partition coefficient (Wildman–Crippen LogP) is 4.53. The minimum atomic E-state index is -0.755. The van der Waals surface area contributed by atoms with Gasteiger partial charge in [0, 0.05) is 30.9 Å². The Morgan fingerprint density at radius 2 is 1.86 bits per heavy atom. The maximum Gasteiger partial charge on any atom is 0.256 e. The van der Waals surface area contributed by atoms with E-state index in [9.17, 15) is 9.59 Å². The Hall–Kier alpha value is -3.55. The molecular formula is C29H30FN5O2. The van der Waals surface area contributed by atoms with Gasteiger partial charge >= 0.3 is 0 Å². The lowest BCUT2D eigenvalue weighted by molar-refractivity contribution is -0.131. The van der Waals surface area contributed by atoms with Gasteiger partial charge in [-0.1, -0.05) is 25.0 Å². The summed E-state index contributed by atoms with van der Waals surface area (Å²) in [5.74, 6) is 0.708. The quantitative estimate of drug-likeness (QED) is 0.560. The van der Waals surface area contributed by atoms with Crippen molar-refractivity contribution in [3.05, 3.63) is 54.0 Å². The second-order valence-electron chi connectivity index (χ2n) is 11.2. The number of amides is 2. The molecule has 1 atom stereocenters. The highest BCUT2D eigenvalue weighted by Crippen LogP contribution is 2.41. The topological polar surface area (TPSA) is 81.7 Å². The van der Waals surface area contributed by atoms with Crippen molar-refractivity contribution in [3.63, 3.8) is 0 Å². The van der Waals surface area contributed by atoms with Crippen LogP contribution in [0.15, 0.2) is 47.6 Å². The molecule has 8 heteroatoms. The Balaban J connectivity index is 1.18. The first-order valence-corrected chi connectivity index (χ1v) is 13.4. The fourth-order valence-corrected chi connectivity index (χ4v) is 6.35. The lowest BCUT2D eigenvalue weighted by Crippen LogP contribution is -2.44. The van der Waals surface area contributed by atoms with Gasteiger partial charge < -0.3 is 4.90 Å². The lowest BCUT2D eigenvalue weighted by Gasteiger charge is -2.25. The first-order chi connectivity index (χ1) is 18.0. The van der Waals surface area contributed by atoms with Crippen LogP contribution in [0.2, 0.25) is 0 Å². The summed E-state index contributed by atoms with van der Waals surface area (Å²) in [4.78, 5) is 34.9. The second-order valence-corrected chi connectivity index (χ2v) is 11.2. The van der Waals surface area contributed by atoms with E-state index in [1.165, 1.54) is 6.07 Å². The van der Waals surface area contributed by atoms with E-state index in [1.54, 1.807) is 17.2 Å². The third-order valence-corrected chi connectivity index (χ3v) is 8.60. The molecule has 1 aromatic heterocycles. The first kappa shape index (κ1) is 22.6. The number of fused-ring (bicyclic) bond motifs is 1. The average Bonchev–Trinajstić information content (AvgIpc) is 3.25. The zero-order valence-corrected chi connectivity index (χ0v) is 20.8. The number of rotatable bonds is 5. The van der Waals surface area contributed by atoms with Crippen molar-refractivity contribution < 1.29 is 14.0 Å². The van der Waals surface area contributed by atoms with Crippen molar-refractivity contribution in [3.8, 4) is 11.1 Å². The van der Waals surface area contributed by atoms with Crippen molar-refractivity contribution >= 4 is 28.6 Å². The van der Waals surface area contributed by atoms with E-state index in [-0.39, 0.29) is 29.5 Å². The molecular weight excluding hydrogens is 469 g/mol. The van der Waals surface area contributed by atoms with Crippen LogP contribution in [0.4, 0.5) is 4.39 Å². The van der Waals surface area contributed by atoms with Crippen LogP contribution >= 0.6 is 0 Å². The fraction of sp³-hybridized carbons (Fsp3) is 0.448. The van der Waals surface area contributed by atoms with Crippen molar-refractivity contribution in [1.29, 1.82) is 0 Å². The molecule has 37 heavy (non-hydrogen) atoms. The van der Waals surface area contributed by atoms with Gasteiger partial charge in [0.1, 0.15) is 17.2 Å². The lowest BCUT2D eigenvalue weighted by atomic mass is 9.97. The number of carbonyl (C=O) groups is 2. The minimum absolute atomic E-state index is 0.000792. The monoisotopic (exact) mass is 499 g/mol. The molecule has 7 nitrogen and oxygen atoms in total. The van der Waals surface area contributed by atoms with Crippen LogP contribution in [0.5, 0.6) is 0 Å². The molecule has 0 radical (unpaired) electrons. The Kier molecular flexibility index (Phi) is 5.20. The molecule has 2 aliphatic heterocycles. The molecule has 0 unspecified atom stereocenters. The fourth-order valence-electron chi connectivity index (χ4n) is 6.35. The number of H-pyrrole nitrogens is 1. The maximum atomic E-state index is 15.7. The smallest absolute Gasteiger partial charge is 0.256 e. The standard InChI is InChI=1S/C29H30FN5O2/c30-24-14-21(20-6-8-25-22(13-20)15-31-33-25)5-7-23(24)26-32-29(10-1-2-11-29)28(37)35(26)17-18-9-12-34(16-18)27(36)19-3-4-19/h5-8,13-15,18-19H,1-4,9-12,16-17H2,(H,31,33)/t18-/m1/s1. The molecule has 1 saturated heterocycles. The molecule has 2 amide bonds. The molecule has 0 bridgehead atoms. The van der Waals surface area contributed by atoms with E-state index in [1.807, 2.05) is 29.2 Å². The molecule has 3 fully saturated rings. The van der Waals surface area contributed by atoms with Crippen LogP contribution in [0.3, 0.4) is 0 Å². The SMILES string of the molecule is O=C(C1CC1)N1CC[C@@H](CN2C(=O)C3(CCCC3)N=C2c2ccc(-c3ccc4[nH]ncc4c3)cc2F)C1. The first-order valence-electron chi connectivity index (χ1n) is 13.4. The summed E-state index contributed by atoms with van der Waals surface area (Å²) < 4.78 is 15.7.